The summed E-state index contributed by atoms with van der Waals surface area (Å²) in [5.41, 5.74) is 8.29. The topological polar surface area (TPSA) is 118 Å². The lowest BCUT2D eigenvalue weighted by molar-refractivity contribution is 0.0988. The molecule has 8 heteroatoms. The van der Waals surface area contributed by atoms with Crippen molar-refractivity contribution in [1.29, 1.82) is 0 Å². The van der Waals surface area contributed by atoms with E-state index in [1.165, 1.54) is 10.6 Å². The number of nitrogens with two attached hydrogens (primary N) is 1. The van der Waals surface area contributed by atoms with Crippen LogP contribution in [0.2, 0.25) is 0 Å². The first-order valence-corrected chi connectivity index (χ1v) is 9.82. The summed E-state index contributed by atoms with van der Waals surface area (Å²) in [4.78, 5) is 14.2. The fourth-order valence-electron chi connectivity index (χ4n) is 3.27. The molecule has 8 nitrogen and oxygen atoms in total. The fraction of sp³-hybridized carbons (Fsp3) is 0.318. The predicted octanol–water partition coefficient (Wildman–Crippen LogP) is 3.02. The van der Waals surface area contributed by atoms with E-state index in [9.17, 15) is 15.0 Å². The van der Waals surface area contributed by atoms with Gasteiger partial charge in [0.1, 0.15) is 11.5 Å². The average molecular weight is 409 g/mol. The van der Waals surface area contributed by atoms with Crippen LogP contribution in [0.15, 0.2) is 36.4 Å². The second kappa shape index (κ2) is 8.54. The molecule has 0 bridgehead atoms. The molecule has 1 amide bonds. The van der Waals surface area contributed by atoms with Crippen LogP contribution in [0.3, 0.4) is 0 Å². The molecular weight excluding hydrogens is 382 g/mol. The van der Waals surface area contributed by atoms with Gasteiger partial charge in [-0.2, -0.15) is 0 Å². The van der Waals surface area contributed by atoms with E-state index in [-0.39, 0.29) is 29.1 Å². The summed E-state index contributed by atoms with van der Waals surface area (Å²) in [7, 11) is 2.04. The van der Waals surface area contributed by atoms with E-state index in [1.807, 2.05) is 45.2 Å². The normalized spacial score (nSPS) is 11.4. The monoisotopic (exact) mass is 409 g/mol. The number of phenols is 2. The van der Waals surface area contributed by atoms with Crippen LogP contribution in [0.1, 0.15) is 48.4 Å². The van der Waals surface area contributed by atoms with E-state index in [1.54, 1.807) is 6.07 Å². The van der Waals surface area contributed by atoms with Crippen LogP contribution in [0.4, 0.5) is 0 Å². The lowest BCUT2D eigenvalue weighted by Gasteiger charge is -2.16. The van der Waals surface area contributed by atoms with E-state index in [2.05, 4.69) is 22.0 Å². The van der Waals surface area contributed by atoms with Crippen LogP contribution in [0.25, 0.3) is 17.1 Å². The fourth-order valence-corrected chi connectivity index (χ4v) is 3.27. The molecule has 158 valence electrons. The Balaban J connectivity index is 2.14. The van der Waals surface area contributed by atoms with Crippen molar-refractivity contribution >= 4 is 5.91 Å². The van der Waals surface area contributed by atoms with Gasteiger partial charge in [-0.1, -0.05) is 32.9 Å². The standard InChI is InChI=1S/C22H27N5O3/c1-5-26(4)12-14-6-8-15(9-7-14)27-21(24-25-22(27)20(23)30)17-10-16(13(2)3)18(28)11-19(17)29/h6-11,13,28-29H,5,12H2,1-4H3,(H2,23,30). The number of benzene rings is 2. The van der Waals surface area contributed by atoms with Gasteiger partial charge in [0, 0.05) is 18.3 Å². The third-order valence-corrected chi connectivity index (χ3v) is 5.08. The molecule has 3 aromatic rings. The maximum atomic E-state index is 12.0. The molecule has 1 aromatic heterocycles. The number of carbonyl (C=O) groups excluding carboxylic acids is 1. The molecule has 0 saturated carbocycles. The van der Waals surface area contributed by atoms with Crippen LogP contribution in [0.5, 0.6) is 11.5 Å². The number of carbonyl (C=O) groups is 1. The Bertz CT molecular complexity index is 1060. The van der Waals surface area contributed by atoms with Gasteiger partial charge in [-0.25, -0.2) is 0 Å². The second-order valence-corrected chi connectivity index (χ2v) is 7.63. The van der Waals surface area contributed by atoms with E-state index in [0.717, 1.165) is 18.7 Å². The van der Waals surface area contributed by atoms with Crippen molar-refractivity contribution in [3.8, 4) is 28.6 Å². The largest absolute Gasteiger partial charge is 0.508 e. The highest BCUT2D eigenvalue weighted by Gasteiger charge is 2.23. The summed E-state index contributed by atoms with van der Waals surface area (Å²) in [6.07, 6.45) is 0. The quantitative estimate of drug-likeness (QED) is 0.552. The number of hydrogen-bond acceptors (Lipinski definition) is 6. The van der Waals surface area contributed by atoms with Crippen molar-refractivity contribution in [3.05, 3.63) is 53.3 Å². The van der Waals surface area contributed by atoms with Gasteiger partial charge < -0.3 is 20.8 Å². The first-order chi connectivity index (χ1) is 14.2. The molecule has 4 N–H and O–H groups in total. The molecule has 30 heavy (non-hydrogen) atoms. The Morgan fingerprint density at radius 3 is 2.37 bits per heavy atom. The van der Waals surface area contributed by atoms with Crippen LogP contribution in [-0.4, -0.2) is 49.4 Å². The third kappa shape index (κ3) is 4.13. The van der Waals surface area contributed by atoms with Crippen molar-refractivity contribution in [3.63, 3.8) is 0 Å². The molecule has 0 spiro atoms. The first kappa shape index (κ1) is 21.3. The minimum absolute atomic E-state index is 0.00293. The van der Waals surface area contributed by atoms with Gasteiger partial charge in [0.25, 0.3) is 5.91 Å². The van der Waals surface area contributed by atoms with Gasteiger partial charge in [-0.3, -0.25) is 9.36 Å². The van der Waals surface area contributed by atoms with Crippen LogP contribution in [-0.2, 0) is 6.54 Å². The minimum atomic E-state index is -0.731. The number of aromatic nitrogens is 3. The zero-order valence-electron chi connectivity index (χ0n) is 17.6. The number of aromatic hydroxyl groups is 2. The minimum Gasteiger partial charge on any atom is -0.508 e. The molecule has 0 aliphatic rings. The highest BCUT2D eigenvalue weighted by atomic mass is 16.3. The summed E-state index contributed by atoms with van der Waals surface area (Å²) in [5.74, 6) is -0.653. The lowest BCUT2D eigenvalue weighted by Crippen LogP contribution is -2.18. The highest BCUT2D eigenvalue weighted by molar-refractivity contribution is 5.90. The number of hydrogen-bond donors (Lipinski definition) is 3. The molecule has 0 saturated heterocycles. The molecule has 0 aliphatic carbocycles. The lowest BCUT2D eigenvalue weighted by atomic mass is 9.98. The zero-order chi connectivity index (χ0) is 22.0. The SMILES string of the molecule is CCN(C)Cc1ccc(-n2c(C(N)=O)nnc2-c2cc(C(C)C)c(O)cc2O)cc1. The van der Waals surface area contributed by atoms with Gasteiger partial charge in [-0.05, 0) is 48.8 Å². The van der Waals surface area contributed by atoms with Crippen LogP contribution >= 0.6 is 0 Å². The van der Waals surface area contributed by atoms with E-state index >= 15 is 0 Å². The number of amides is 1. The smallest absolute Gasteiger partial charge is 0.287 e. The van der Waals surface area contributed by atoms with Crippen molar-refractivity contribution in [2.24, 2.45) is 5.73 Å². The van der Waals surface area contributed by atoms with E-state index in [0.29, 0.717) is 16.8 Å². The Morgan fingerprint density at radius 2 is 1.80 bits per heavy atom. The first-order valence-electron chi connectivity index (χ1n) is 9.82. The maximum Gasteiger partial charge on any atom is 0.287 e. The summed E-state index contributed by atoms with van der Waals surface area (Å²) in [6.45, 7) is 7.68. The summed E-state index contributed by atoms with van der Waals surface area (Å²) in [5, 5.41) is 28.7. The molecule has 3 rings (SSSR count). The molecule has 2 aromatic carbocycles. The maximum absolute atomic E-state index is 12.0. The molecule has 1 heterocycles. The molecule has 0 atom stereocenters. The number of phenolic OH excluding ortho intramolecular Hbond substituents is 2. The van der Waals surface area contributed by atoms with Gasteiger partial charge in [-0.15, -0.1) is 10.2 Å². The molecule has 0 fully saturated rings. The molecule has 0 unspecified atom stereocenters. The van der Waals surface area contributed by atoms with Gasteiger partial charge in [0.2, 0.25) is 5.82 Å². The summed E-state index contributed by atoms with van der Waals surface area (Å²) in [6, 6.07) is 10.6. The Kier molecular flexibility index (Phi) is 6.07. The Hall–Kier alpha value is -3.39. The van der Waals surface area contributed by atoms with Crippen molar-refractivity contribution in [2.75, 3.05) is 13.6 Å². The summed E-state index contributed by atoms with van der Waals surface area (Å²) < 4.78 is 1.52. The van der Waals surface area contributed by atoms with E-state index < -0.39 is 5.91 Å². The zero-order valence-corrected chi connectivity index (χ0v) is 17.6. The van der Waals surface area contributed by atoms with Crippen molar-refractivity contribution < 1.29 is 15.0 Å². The van der Waals surface area contributed by atoms with Crippen LogP contribution < -0.4 is 5.73 Å². The molecular formula is C22H27N5O3. The van der Waals surface area contributed by atoms with Crippen LogP contribution in [0, 0.1) is 0 Å². The predicted molar refractivity (Wildman–Crippen MR) is 115 cm³/mol. The average Bonchev–Trinajstić information content (AvgIpc) is 3.13. The summed E-state index contributed by atoms with van der Waals surface area (Å²) >= 11 is 0. The van der Waals surface area contributed by atoms with Crippen molar-refractivity contribution in [2.45, 2.75) is 33.2 Å². The Labute approximate surface area is 175 Å². The second-order valence-electron chi connectivity index (χ2n) is 7.63. The van der Waals surface area contributed by atoms with Crippen molar-refractivity contribution in [1.82, 2.24) is 19.7 Å². The van der Waals surface area contributed by atoms with Gasteiger partial charge in [0.05, 0.1) is 5.56 Å². The molecule has 0 radical (unpaired) electrons. The highest BCUT2D eigenvalue weighted by Crippen LogP contribution is 2.38. The van der Waals surface area contributed by atoms with E-state index in [4.69, 9.17) is 5.73 Å². The van der Waals surface area contributed by atoms with Gasteiger partial charge in [0.15, 0.2) is 5.82 Å². The number of primary amides is 1. The Morgan fingerprint density at radius 1 is 1.13 bits per heavy atom. The molecule has 0 aliphatic heterocycles. The number of nitrogens with zero attached hydrogens (tertiary/aromatic N) is 4. The van der Waals surface area contributed by atoms with Gasteiger partial charge >= 0.3 is 0 Å². The third-order valence-electron chi connectivity index (χ3n) is 5.08. The number of rotatable bonds is 7.